The van der Waals surface area contributed by atoms with Crippen molar-refractivity contribution >= 4 is 22.8 Å². The number of hydrogen-bond donors (Lipinski definition) is 1. The van der Waals surface area contributed by atoms with E-state index in [1.54, 1.807) is 31.2 Å². The van der Waals surface area contributed by atoms with Crippen molar-refractivity contribution in [2.75, 3.05) is 0 Å². The molecular weight excluding hydrogens is 371 g/mol. The van der Waals surface area contributed by atoms with Crippen molar-refractivity contribution in [3.63, 3.8) is 0 Å². The van der Waals surface area contributed by atoms with Crippen molar-refractivity contribution in [1.82, 2.24) is 9.78 Å². The minimum atomic E-state index is -1.21. The summed E-state index contributed by atoms with van der Waals surface area (Å²) in [4.78, 5) is 24.2. The Bertz CT molecular complexity index is 1230. The van der Waals surface area contributed by atoms with Crippen molar-refractivity contribution in [2.24, 2.45) is 0 Å². The molecule has 0 saturated heterocycles. The molecule has 0 radical (unpaired) electrons. The Morgan fingerprint density at radius 1 is 1.00 bits per heavy atom. The van der Waals surface area contributed by atoms with Gasteiger partial charge in [0.05, 0.1) is 17.0 Å². The number of rotatable bonds is 4. The van der Waals surface area contributed by atoms with E-state index in [2.05, 4.69) is 5.10 Å². The molecule has 0 fully saturated rings. The molecule has 0 amide bonds. The van der Waals surface area contributed by atoms with Crippen LogP contribution in [0.3, 0.4) is 0 Å². The van der Waals surface area contributed by atoms with E-state index >= 15 is 0 Å². The van der Waals surface area contributed by atoms with E-state index < -0.39 is 17.7 Å². The predicted octanol–water partition coefficient (Wildman–Crippen LogP) is 4.98. The summed E-state index contributed by atoms with van der Waals surface area (Å²) in [6.45, 7) is 1.80. The number of aromatic carboxylic acids is 1. The van der Waals surface area contributed by atoms with Gasteiger partial charge in [-0.25, -0.2) is 9.18 Å². The minimum absolute atomic E-state index is 0.144. The summed E-state index contributed by atoms with van der Waals surface area (Å²) in [5.74, 6) is -2.59. The first kappa shape index (κ1) is 18.6. The molecule has 1 atom stereocenters. The van der Waals surface area contributed by atoms with E-state index in [4.69, 9.17) is 5.11 Å². The lowest BCUT2D eigenvalue weighted by molar-refractivity contribution is 0.0696. The molecule has 0 saturated carbocycles. The van der Waals surface area contributed by atoms with Crippen LogP contribution in [0.5, 0.6) is 0 Å². The molecule has 4 rings (SSSR count). The Labute approximate surface area is 166 Å². The summed E-state index contributed by atoms with van der Waals surface area (Å²) in [7, 11) is 0. The summed E-state index contributed by atoms with van der Waals surface area (Å²) < 4.78 is 16.0. The van der Waals surface area contributed by atoms with Crippen LogP contribution in [-0.4, -0.2) is 26.8 Å². The molecule has 3 aromatic carbocycles. The molecular formula is C23H17FN2O3. The lowest BCUT2D eigenvalue weighted by Crippen LogP contribution is -2.19. The van der Waals surface area contributed by atoms with E-state index in [1.165, 1.54) is 16.8 Å². The van der Waals surface area contributed by atoms with Gasteiger partial charge in [0.25, 0.3) is 5.91 Å². The second-order valence-electron chi connectivity index (χ2n) is 6.75. The number of carbonyl (C=O) groups excluding carboxylic acids is 1. The van der Waals surface area contributed by atoms with Crippen LogP contribution < -0.4 is 0 Å². The molecule has 0 aliphatic carbocycles. The van der Waals surface area contributed by atoms with Crippen LogP contribution in [0.25, 0.3) is 22.2 Å². The van der Waals surface area contributed by atoms with Crippen molar-refractivity contribution < 1.29 is 19.1 Å². The van der Waals surface area contributed by atoms with Crippen LogP contribution in [-0.2, 0) is 0 Å². The molecule has 1 aromatic heterocycles. The number of hydrogen-bond acceptors (Lipinski definition) is 3. The van der Waals surface area contributed by atoms with Crippen molar-refractivity contribution in [2.45, 2.75) is 12.8 Å². The van der Waals surface area contributed by atoms with Crippen molar-refractivity contribution in [1.29, 1.82) is 0 Å². The number of carboxylic acid groups (broad SMARTS) is 1. The number of fused-ring (bicyclic) bond motifs is 1. The molecule has 144 valence electrons. The predicted molar refractivity (Wildman–Crippen MR) is 108 cm³/mol. The van der Waals surface area contributed by atoms with Crippen LogP contribution in [0.2, 0.25) is 0 Å². The number of nitrogens with zero attached hydrogens (tertiary/aromatic N) is 2. The highest BCUT2D eigenvalue weighted by Gasteiger charge is 2.23. The molecule has 4 aromatic rings. The van der Waals surface area contributed by atoms with Gasteiger partial charge in [0.15, 0.2) is 0 Å². The van der Waals surface area contributed by atoms with Gasteiger partial charge in [-0.05, 0) is 36.8 Å². The lowest BCUT2D eigenvalue weighted by atomic mass is 10.0. The quantitative estimate of drug-likeness (QED) is 0.535. The van der Waals surface area contributed by atoms with Crippen LogP contribution in [0.15, 0.2) is 72.8 Å². The highest BCUT2D eigenvalue weighted by molar-refractivity contribution is 6.00. The molecule has 29 heavy (non-hydrogen) atoms. The maximum absolute atomic E-state index is 14.7. The summed E-state index contributed by atoms with van der Waals surface area (Å²) in [6, 6.07) is 20.1. The molecule has 0 bridgehead atoms. The second kappa shape index (κ2) is 7.31. The third-order valence-corrected chi connectivity index (χ3v) is 4.94. The fourth-order valence-electron chi connectivity index (χ4n) is 3.34. The first-order chi connectivity index (χ1) is 14.0. The van der Waals surface area contributed by atoms with E-state index in [0.29, 0.717) is 16.6 Å². The van der Waals surface area contributed by atoms with Crippen molar-refractivity contribution in [3.05, 3.63) is 89.7 Å². The van der Waals surface area contributed by atoms with Gasteiger partial charge in [-0.1, -0.05) is 48.5 Å². The van der Waals surface area contributed by atoms with Gasteiger partial charge < -0.3 is 5.11 Å². The van der Waals surface area contributed by atoms with E-state index in [1.807, 2.05) is 30.3 Å². The van der Waals surface area contributed by atoms with E-state index in [-0.39, 0.29) is 17.0 Å². The van der Waals surface area contributed by atoms with Gasteiger partial charge in [-0.15, -0.1) is 0 Å². The fourth-order valence-corrected chi connectivity index (χ4v) is 3.34. The third kappa shape index (κ3) is 3.29. The Morgan fingerprint density at radius 3 is 2.38 bits per heavy atom. The zero-order chi connectivity index (χ0) is 20.5. The van der Waals surface area contributed by atoms with Gasteiger partial charge in [-0.2, -0.15) is 9.78 Å². The maximum Gasteiger partial charge on any atom is 0.335 e. The summed E-state index contributed by atoms with van der Waals surface area (Å²) in [5.41, 5.74) is 1.71. The molecule has 6 heteroatoms. The van der Waals surface area contributed by atoms with Gasteiger partial charge in [0.2, 0.25) is 0 Å². The monoisotopic (exact) mass is 388 g/mol. The zero-order valence-corrected chi connectivity index (χ0v) is 15.5. The first-order valence-electron chi connectivity index (χ1n) is 9.07. The SMILES string of the molecule is CC(C(=O)n1nc(-c2ccc(C(=O)O)cc2F)c2ccccc21)c1ccccc1. The van der Waals surface area contributed by atoms with Crippen LogP contribution in [0, 0.1) is 5.82 Å². The van der Waals surface area contributed by atoms with Gasteiger partial charge in [0.1, 0.15) is 11.5 Å². The Hall–Kier alpha value is -3.80. The summed E-state index contributed by atoms with van der Waals surface area (Å²) in [5, 5.41) is 14.1. The smallest absolute Gasteiger partial charge is 0.335 e. The number of halogens is 1. The van der Waals surface area contributed by atoms with Crippen LogP contribution >= 0.6 is 0 Å². The molecule has 0 aliphatic rings. The minimum Gasteiger partial charge on any atom is -0.478 e. The number of carboxylic acids is 1. The second-order valence-corrected chi connectivity index (χ2v) is 6.75. The number of aromatic nitrogens is 2. The standard InChI is InChI=1S/C23H17FN2O3/c1-14(15-7-3-2-4-8-15)22(27)26-20-10-6-5-9-18(20)21(25-26)17-12-11-16(23(28)29)13-19(17)24/h2-14H,1H3,(H,28,29). The number of benzene rings is 3. The topological polar surface area (TPSA) is 72.2 Å². The van der Waals surface area contributed by atoms with E-state index in [0.717, 1.165) is 11.6 Å². The molecule has 1 unspecified atom stereocenters. The highest BCUT2D eigenvalue weighted by atomic mass is 19.1. The maximum atomic E-state index is 14.7. The summed E-state index contributed by atoms with van der Waals surface area (Å²) >= 11 is 0. The Kier molecular flexibility index (Phi) is 4.68. The van der Waals surface area contributed by atoms with Gasteiger partial charge in [-0.3, -0.25) is 4.79 Å². The molecule has 0 aliphatic heterocycles. The average molecular weight is 388 g/mol. The van der Waals surface area contributed by atoms with Crippen LogP contribution in [0.1, 0.15) is 33.6 Å². The van der Waals surface area contributed by atoms with Crippen molar-refractivity contribution in [3.8, 4) is 11.3 Å². The normalized spacial score (nSPS) is 12.1. The van der Waals surface area contributed by atoms with Gasteiger partial charge >= 0.3 is 5.97 Å². The molecule has 1 N–H and O–H groups in total. The fraction of sp³-hybridized carbons (Fsp3) is 0.0870. The average Bonchev–Trinajstić information content (AvgIpc) is 3.12. The molecule has 1 heterocycles. The Morgan fingerprint density at radius 2 is 1.69 bits per heavy atom. The van der Waals surface area contributed by atoms with E-state index in [9.17, 15) is 14.0 Å². The largest absolute Gasteiger partial charge is 0.478 e. The third-order valence-electron chi connectivity index (χ3n) is 4.94. The molecule has 5 nitrogen and oxygen atoms in total. The zero-order valence-electron chi connectivity index (χ0n) is 15.5. The Balaban J connectivity index is 1.85. The lowest BCUT2D eigenvalue weighted by Gasteiger charge is -2.11. The number of carbonyl (C=O) groups is 2. The van der Waals surface area contributed by atoms with Gasteiger partial charge in [0, 0.05) is 10.9 Å². The highest BCUT2D eigenvalue weighted by Crippen LogP contribution is 2.31. The summed E-state index contributed by atoms with van der Waals surface area (Å²) in [6.07, 6.45) is 0. The number of para-hydroxylation sites is 1. The van der Waals surface area contributed by atoms with Crippen LogP contribution in [0.4, 0.5) is 4.39 Å². The molecule has 0 spiro atoms. The first-order valence-corrected chi connectivity index (χ1v) is 9.07.